The molecule has 14 heavy (non-hydrogen) atoms. The average Bonchev–Trinajstić information content (AvgIpc) is 2.36. The van der Waals surface area contributed by atoms with Crippen LogP contribution in [-0.4, -0.2) is 24.0 Å². The molecule has 1 aliphatic rings. The van der Waals surface area contributed by atoms with Crippen LogP contribution >= 0.6 is 0 Å². The minimum absolute atomic E-state index is 0.142. The summed E-state index contributed by atoms with van der Waals surface area (Å²) in [6.45, 7) is 7.11. The van der Waals surface area contributed by atoms with Gasteiger partial charge in [-0.2, -0.15) is 0 Å². The molecule has 0 saturated carbocycles. The minimum Gasteiger partial charge on any atom is -0.492 e. The summed E-state index contributed by atoms with van der Waals surface area (Å²) in [6, 6.07) is 0. The van der Waals surface area contributed by atoms with E-state index in [1.807, 2.05) is 13.8 Å². The molecule has 0 aliphatic carbocycles. The lowest BCUT2D eigenvalue weighted by atomic mass is 9.94. The molecule has 0 bridgehead atoms. The van der Waals surface area contributed by atoms with Crippen LogP contribution in [0.4, 0.5) is 4.39 Å². The van der Waals surface area contributed by atoms with Crippen molar-refractivity contribution in [1.29, 1.82) is 0 Å². The summed E-state index contributed by atoms with van der Waals surface area (Å²) in [5, 5.41) is 0. The summed E-state index contributed by atoms with van der Waals surface area (Å²) in [4.78, 5) is 0. The van der Waals surface area contributed by atoms with E-state index in [4.69, 9.17) is 9.47 Å². The Morgan fingerprint density at radius 2 is 2.21 bits per heavy atom. The predicted molar refractivity (Wildman–Crippen MR) is 53.8 cm³/mol. The molecule has 2 nitrogen and oxygen atoms in total. The standard InChI is InChI=1S/C11H19FO2/c1-5-7-13-10-9(6-2)14-8(3)11(10,4)12/h5,7-10H,6H2,1-4H3/b7-5+/t8-,9?,10+,11-/m0/s1. The second kappa shape index (κ2) is 4.30. The van der Waals surface area contributed by atoms with Gasteiger partial charge in [-0.25, -0.2) is 4.39 Å². The average molecular weight is 202 g/mol. The molecule has 1 rings (SSSR count). The van der Waals surface area contributed by atoms with E-state index in [2.05, 4.69) is 0 Å². The molecular formula is C11H19FO2. The number of rotatable bonds is 3. The monoisotopic (exact) mass is 202 g/mol. The van der Waals surface area contributed by atoms with Gasteiger partial charge in [-0.1, -0.05) is 13.0 Å². The van der Waals surface area contributed by atoms with Crippen LogP contribution in [0.2, 0.25) is 0 Å². The SMILES string of the molecule is C/C=C/O[C@@H]1C(CC)O[C@@H](C)[C@]1(C)F. The van der Waals surface area contributed by atoms with Gasteiger partial charge < -0.3 is 9.47 Å². The first-order valence-electron chi connectivity index (χ1n) is 5.15. The Balaban J connectivity index is 2.75. The minimum atomic E-state index is -1.40. The van der Waals surface area contributed by atoms with Gasteiger partial charge in [-0.3, -0.25) is 0 Å². The lowest BCUT2D eigenvalue weighted by molar-refractivity contribution is 0.00290. The smallest absolute Gasteiger partial charge is 0.172 e. The van der Waals surface area contributed by atoms with E-state index in [0.29, 0.717) is 0 Å². The summed E-state index contributed by atoms with van der Waals surface area (Å²) in [6.07, 6.45) is 3.03. The first-order valence-corrected chi connectivity index (χ1v) is 5.15. The Labute approximate surface area is 85.1 Å². The summed E-state index contributed by atoms with van der Waals surface area (Å²) < 4.78 is 25.0. The van der Waals surface area contributed by atoms with Crippen molar-refractivity contribution in [2.45, 2.75) is 58.1 Å². The van der Waals surface area contributed by atoms with E-state index in [0.717, 1.165) is 6.42 Å². The fourth-order valence-corrected chi connectivity index (χ4v) is 1.76. The molecule has 0 aromatic rings. The molecule has 0 spiro atoms. The molecular weight excluding hydrogens is 183 g/mol. The van der Waals surface area contributed by atoms with Crippen molar-refractivity contribution in [3.05, 3.63) is 12.3 Å². The second-order valence-corrected chi connectivity index (χ2v) is 3.90. The molecule has 1 unspecified atom stereocenters. The van der Waals surface area contributed by atoms with Crippen LogP contribution in [0.5, 0.6) is 0 Å². The third-order valence-electron chi connectivity index (χ3n) is 2.83. The summed E-state index contributed by atoms with van der Waals surface area (Å²) in [7, 11) is 0. The van der Waals surface area contributed by atoms with Crippen LogP contribution in [0.25, 0.3) is 0 Å². The molecule has 0 amide bonds. The van der Waals surface area contributed by atoms with Gasteiger partial charge in [-0.15, -0.1) is 0 Å². The van der Waals surface area contributed by atoms with Crippen LogP contribution in [0, 0.1) is 0 Å². The first-order chi connectivity index (χ1) is 6.54. The molecule has 82 valence electrons. The van der Waals surface area contributed by atoms with E-state index in [-0.39, 0.29) is 6.10 Å². The Morgan fingerprint density at radius 1 is 1.57 bits per heavy atom. The highest BCUT2D eigenvalue weighted by Gasteiger charge is 2.53. The van der Waals surface area contributed by atoms with E-state index in [9.17, 15) is 4.39 Å². The third-order valence-corrected chi connectivity index (χ3v) is 2.83. The topological polar surface area (TPSA) is 18.5 Å². The Morgan fingerprint density at radius 3 is 2.71 bits per heavy atom. The Bertz CT molecular complexity index is 213. The lowest BCUT2D eigenvalue weighted by Gasteiger charge is -2.25. The normalized spacial score (nSPS) is 43.4. The second-order valence-electron chi connectivity index (χ2n) is 3.90. The van der Waals surface area contributed by atoms with E-state index in [1.54, 1.807) is 19.9 Å². The van der Waals surface area contributed by atoms with Gasteiger partial charge in [0.1, 0.15) is 0 Å². The van der Waals surface area contributed by atoms with Crippen LogP contribution in [0.15, 0.2) is 12.3 Å². The Hall–Kier alpha value is -0.570. The molecule has 1 fully saturated rings. The summed E-state index contributed by atoms with van der Waals surface area (Å²) >= 11 is 0. The summed E-state index contributed by atoms with van der Waals surface area (Å²) in [5.41, 5.74) is -1.40. The molecule has 1 aliphatic heterocycles. The maximum atomic E-state index is 14.1. The number of halogens is 1. The lowest BCUT2D eigenvalue weighted by Crippen LogP contribution is -2.41. The van der Waals surface area contributed by atoms with Crippen molar-refractivity contribution in [1.82, 2.24) is 0 Å². The maximum Gasteiger partial charge on any atom is 0.172 e. The number of hydrogen-bond donors (Lipinski definition) is 0. The van der Waals surface area contributed by atoms with Gasteiger partial charge in [0.25, 0.3) is 0 Å². The van der Waals surface area contributed by atoms with Crippen molar-refractivity contribution >= 4 is 0 Å². The number of alkyl halides is 1. The van der Waals surface area contributed by atoms with Crippen LogP contribution < -0.4 is 0 Å². The zero-order valence-electron chi connectivity index (χ0n) is 9.29. The molecule has 0 aromatic carbocycles. The van der Waals surface area contributed by atoms with Gasteiger partial charge in [0.05, 0.1) is 18.5 Å². The van der Waals surface area contributed by atoms with Gasteiger partial charge in [0, 0.05) is 0 Å². The third kappa shape index (κ3) is 1.92. The predicted octanol–water partition coefficient (Wildman–Crippen LogP) is 2.83. The zero-order chi connectivity index (χ0) is 10.8. The fraction of sp³-hybridized carbons (Fsp3) is 0.818. The number of hydrogen-bond acceptors (Lipinski definition) is 2. The summed E-state index contributed by atoms with van der Waals surface area (Å²) in [5.74, 6) is 0. The van der Waals surface area contributed by atoms with Crippen molar-refractivity contribution in [3.63, 3.8) is 0 Å². The molecule has 4 atom stereocenters. The van der Waals surface area contributed by atoms with Crippen LogP contribution in [0.1, 0.15) is 34.1 Å². The van der Waals surface area contributed by atoms with Gasteiger partial charge in [-0.05, 0) is 27.2 Å². The van der Waals surface area contributed by atoms with Crippen molar-refractivity contribution in [2.24, 2.45) is 0 Å². The molecule has 1 heterocycles. The zero-order valence-corrected chi connectivity index (χ0v) is 9.29. The largest absolute Gasteiger partial charge is 0.492 e. The van der Waals surface area contributed by atoms with Crippen LogP contribution in [0.3, 0.4) is 0 Å². The van der Waals surface area contributed by atoms with Gasteiger partial charge in [0.15, 0.2) is 11.8 Å². The highest BCUT2D eigenvalue weighted by molar-refractivity contribution is 5.01. The van der Waals surface area contributed by atoms with Gasteiger partial charge in [0.2, 0.25) is 0 Å². The van der Waals surface area contributed by atoms with E-state index < -0.39 is 17.9 Å². The van der Waals surface area contributed by atoms with E-state index in [1.165, 1.54) is 6.26 Å². The maximum absolute atomic E-state index is 14.1. The van der Waals surface area contributed by atoms with Crippen molar-refractivity contribution in [2.75, 3.05) is 0 Å². The van der Waals surface area contributed by atoms with Crippen molar-refractivity contribution < 1.29 is 13.9 Å². The van der Waals surface area contributed by atoms with Crippen molar-refractivity contribution in [3.8, 4) is 0 Å². The molecule has 0 radical (unpaired) electrons. The first kappa shape index (κ1) is 11.5. The van der Waals surface area contributed by atoms with E-state index >= 15 is 0 Å². The number of ether oxygens (including phenoxy) is 2. The fourth-order valence-electron chi connectivity index (χ4n) is 1.76. The van der Waals surface area contributed by atoms with Crippen LogP contribution in [-0.2, 0) is 9.47 Å². The quantitative estimate of drug-likeness (QED) is 0.655. The molecule has 0 N–H and O–H groups in total. The van der Waals surface area contributed by atoms with Gasteiger partial charge >= 0.3 is 0 Å². The highest BCUT2D eigenvalue weighted by Crippen LogP contribution is 2.37. The molecule has 0 aromatic heterocycles. The molecule has 1 saturated heterocycles. The highest BCUT2D eigenvalue weighted by atomic mass is 19.1. The molecule has 3 heteroatoms. The Kier molecular flexibility index (Phi) is 3.53. The number of allylic oxidation sites excluding steroid dienone is 1.